The lowest BCUT2D eigenvalue weighted by Gasteiger charge is -2.35. The first kappa shape index (κ1) is 21.8. The van der Waals surface area contributed by atoms with Gasteiger partial charge in [-0.15, -0.1) is 35.0 Å². The molecule has 1 fully saturated rings. The molecule has 0 saturated carbocycles. The molecule has 0 aliphatic carbocycles. The molecule has 2 N–H and O–H groups in total. The van der Waals surface area contributed by atoms with Crippen molar-refractivity contribution in [1.82, 2.24) is 35.5 Å². The SMILES string of the molecule is C[C@@H]1CN(c2ncc(-c3ccc(-n4nccn4)cc3O)nn2)C[C@H](C)N1.Cl.Cl. The lowest BCUT2D eigenvalue weighted by atomic mass is 10.1. The minimum Gasteiger partial charge on any atom is -0.507 e. The number of aromatic nitrogens is 6. The third-order valence-electron chi connectivity index (χ3n) is 4.30. The van der Waals surface area contributed by atoms with Gasteiger partial charge in [-0.05, 0) is 26.0 Å². The first-order chi connectivity index (χ1) is 12.6. The molecule has 0 radical (unpaired) electrons. The monoisotopic (exact) mass is 424 g/mol. The molecule has 1 aromatic carbocycles. The number of halogens is 2. The highest BCUT2D eigenvalue weighted by atomic mass is 35.5. The Hall–Kier alpha value is -2.49. The molecule has 9 nitrogen and oxygen atoms in total. The molecule has 2 aromatic heterocycles. The number of aromatic hydroxyl groups is 1. The highest BCUT2D eigenvalue weighted by molar-refractivity contribution is 5.85. The second-order valence-electron chi connectivity index (χ2n) is 6.54. The van der Waals surface area contributed by atoms with Crippen LogP contribution in [0, 0.1) is 0 Å². The fraction of sp³-hybridized carbons (Fsp3) is 0.353. The zero-order chi connectivity index (χ0) is 18.1. The number of piperazine rings is 1. The minimum absolute atomic E-state index is 0. The normalized spacial score (nSPS) is 18.9. The maximum absolute atomic E-state index is 10.3. The van der Waals surface area contributed by atoms with E-state index in [2.05, 4.69) is 49.4 Å². The van der Waals surface area contributed by atoms with Gasteiger partial charge in [-0.1, -0.05) is 0 Å². The van der Waals surface area contributed by atoms with Crippen LogP contribution in [0.2, 0.25) is 0 Å². The average molecular weight is 425 g/mol. The van der Waals surface area contributed by atoms with Crippen molar-refractivity contribution in [1.29, 1.82) is 0 Å². The van der Waals surface area contributed by atoms with Crippen LogP contribution in [0.5, 0.6) is 5.75 Å². The number of hydrogen-bond acceptors (Lipinski definition) is 8. The van der Waals surface area contributed by atoms with Gasteiger partial charge in [0.05, 0.1) is 24.3 Å². The molecular weight excluding hydrogens is 403 g/mol. The third kappa shape index (κ3) is 4.49. The van der Waals surface area contributed by atoms with Crippen molar-refractivity contribution in [3.05, 3.63) is 36.8 Å². The number of nitrogens with zero attached hydrogens (tertiary/aromatic N) is 7. The second kappa shape index (κ2) is 9.13. The number of phenolic OH excluding ortho intramolecular Hbond substituents is 1. The van der Waals surface area contributed by atoms with Crippen LogP contribution in [0.25, 0.3) is 16.9 Å². The molecule has 1 saturated heterocycles. The molecule has 0 spiro atoms. The van der Waals surface area contributed by atoms with Crippen LogP contribution in [0.4, 0.5) is 5.95 Å². The van der Waals surface area contributed by atoms with Crippen molar-refractivity contribution in [3.8, 4) is 22.7 Å². The summed E-state index contributed by atoms with van der Waals surface area (Å²) in [4.78, 5) is 8.00. The summed E-state index contributed by atoms with van der Waals surface area (Å²) in [6, 6.07) is 5.90. The van der Waals surface area contributed by atoms with E-state index in [4.69, 9.17) is 0 Å². The molecule has 0 amide bonds. The lowest BCUT2D eigenvalue weighted by Crippen LogP contribution is -2.54. The number of benzene rings is 1. The fourth-order valence-electron chi connectivity index (χ4n) is 3.24. The van der Waals surface area contributed by atoms with Crippen molar-refractivity contribution < 1.29 is 5.11 Å². The maximum Gasteiger partial charge on any atom is 0.245 e. The van der Waals surface area contributed by atoms with E-state index in [1.54, 1.807) is 30.7 Å². The van der Waals surface area contributed by atoms with Gasteiger partial charge in [-0.2, -0.15) is 15.0 Å². The summed E-state index contributed by atoms with van der Waals surface area (Å²) in [7, 11) is 0. The summed E-state index contributed by atoms with van der Waals surface area (Å²) < 4.78 is 0. The van der Waals surface area contributed by atoms with E-state index in [-0.39, 0.29) is 30.6 Å². The summed E-state index contributed by atoms with van der Waals surface area (Å²) in [6.45, 7) is 5.95. The van der Waals surface area contributed by atoms with E-state index in [1.807, 2.05) is 6.07 Å². The number of hydrogen-bond donors (Lipinski definition) is 2. The van der Waals surface area contributed by atoms with Gasteiger partial charge in [0.2, 0.25) is 5.95 Å². The van der Waals surface area contributed by atoms with Gasteiger partial charge < -0.3 is 15.3 Å². The molecule has 2 atom stereocenters. The quantitative estimate of drug-likeness (QED) is 0.655. The minimum atomic E-state index is 0. The van der Waals surface area contributed by atoms with Gasteiger partial charge in [0.1, 0.15) is 11.4 Å². The fourth-order valence-corrected chi connectivity index (χ4v) is 3.24. The van der Waals surface area contributed by atoms with E-state index in [0.717, 1.165) is 13.1 Å². The predicted octanol–water partition coefficient (Wildman–Crippen LogP) is 1.86. The lowest BCUT2D eigenvalue weighted by molar-refractivity contribution is 0.402. The van der Waals surface area contributed by atoms with Gasteiger partial charge in [0, 0.05) is 36.8 Å². The van der Waals surface area contributed by atoms with Crippen molar-refractivity contribution in [2.45, 2.75) is 25.9 Å². The topological polar surface area (TPSA) is 105 Å². The molecule has 1 aliphatic heterocycles. The van der Waals surface area contributed by atoms with Gasteiger partial charge >= 0.3 is 0 Å². The van der Waals surface area contributed by atoms with Crippen molar-refractivity contribution in [2.75, 3.05) is 18.0 Å². The van der Waals surface area contributed by atoms with Crippen LogP contribution in [-0.2, 0) is 0 Å². The molecule has 150 valence electrons. The highest BCUT2D eigenvalue weighted by Crippen LogP contribution is 2.29. The molecule has 3 heterocycles. The summed E-state index contributed by atoms with van der Waals surface area (Å²) in [5.74, 6) is 0.680. The zero-order valence-electron chi connectivity index (χ0n) is 15.4. The Morgan fingerprint density at radius 2 is 1.71 bits per heavy atom. The molecule has 1 aliphatic rings. The van der Waals surface area contributed by atoms with Crippen LogP contribution >= 0.6 is 24.8 Å². The number of anilines is 1. The molecule has 0 bridgehead atoms. The molecule has 4 rings (SSSR count). The van der Waals surface area contributed by atoms with Gasteiger partial charge in [0.15, 0.2) is 0 Å². The van der Waals surface area contributed by atoms with E-state index >= 15 is 0 Å². The molecule has 11 heteroatoms. The van der Waals surface area contributed by atoms with Crippen molar-refractivity contribution in [2.24, 2.45) is 0 Å². The Morgan fingerprint density at radius 1 is 1.04 bits per heavy atom. The standard InChI is InChI=1S/C17H20N8O.2ClH/c1-11-9-24(10-12(2)21-11)17-18-8-15(22-23-17)14-4-3-13(7-16(14)26)25-19-5-6-20-25;;/h3-8,11-12,21,26H,9-10H2,1-2H3;2*1H/t11-,12+;;. The first-order valence-electron chi connectivity index (χ1n) is 8.51. The number of nitrogens with one attached hydrogen (secondary N) is 1. The zero-order valence-corrected chi connectivity index (χ0v) is 17.1. The summed E-state index contributed by atoms with van der Waals surface area (Å²) in [5, 5.41) is 30.4. The Balaban J connectivity index is 0.00000140. The predicted molar refractivity (Wildman–Crippen MR) is 111 cm³/mol. The average Bonchev–Trinajstić information content (AvgIpc) is 3.16. The Kier molecular flexibility index (Phi) is 7.11. The van der Waals surface area contributed by atoms with Crippen molar-refractivity contribution in [3.63, 3.8) is 0 Å². The maximum atomic E-state index is 10.3. The van der Waals surface area contributed by atoms with Crippen LogP contribution in [0.15, 0.2) is 36.8 Å². The van der Waals surface area contributed by atoms with Crippen molar-refractivity contribution >= 4 is 30.8 Å². The largest absolute Gasteiger partial charge is 0.507 e. The van der Waals surface area contributed by atoms with Crippen LogP contribution in [0.1, 0.15) is 13.8 Å². The van der Waals surface area contributed by atoms with Crippen LogP contribution in [-0.4, -0.2) is 60.5 Å². The first-order valence-corrected chi connectivity index (χ1v) is 8.51. The molecule has 0 unspecified atom stereocenters. The third-order valence-corrected chi connectivity index (χ3v) is 4.30. The smallest absolute Gasteiger partial charge is 0.245 e. The highest BCUT2D eigenvalue weighted by Gasteiger charge is 2.23. The van der Waals surface area contributed by atoms with Gasteiger partial charge in [-0.25, -0.2) is 4.98 Å². The summed E-state index contributed by atoms with van der Waals surface area (Å²) in [6.07, 6.45) is 4.80. The van der Waals surface area contributed by atoms with Gasteiger partial charge in [0.25, 0.3) is 0 Å². The second-order valence-corrected chi connectivity index (χ2v) is 6.54. The number of phenols is 1. The Morgan fingerprint density at radius 3 is 2.29 bits per heavy atom. The Labute approximate surface area is 175 Å². The summed E-state index contributed by atoms with van der Waals surface area (Å²) >= 11 is 0. The van der Waals surface area contributed by atoms with E-state index in [9.17, 15) is 5.11 Å². The summed E-state index contributed by atoms with van der Waals surface area (Å²) in [5.41, 5.74) is 1.74. The van der Waals surface area contributed by atoms with Crippen LogP contribution in [0.3, 0.4) is 0 Å². The van der Waals surface area contributed by atoms with E-state index in [1.165, 1.54) is 4.80 Å². The molecule has 3 aromatic rings. The van der Waals surface area contributed by atoms with E-state index < -0.39 is 0 Å². The van der Waals surface area contributed by atoms with Gasteiger partial charge in [-0.3, -0.25) is 0 Å². The molecule has 28 heavy (non-hydrogen) atoms. The number of rotatable bonds is 3. The Bertz CT molecular complexity index is 881. The molecular formula is C17H22Cl2N8O. The van der Waals surface area contributed by atoms with E-state index in [0.29, 0.717) is 35.0 Å². The van der Waals surface area contributed by atoms with Crippen LogP contribution < -0.4 is 10.2 Å².